The van der Waals surface area contributed by atoms with Crippen LogP contribution in [0.5, 0.6) is 0 Å². The Morgan fingerprint density at radius 2 is 1.78 bits per heavy atom. The van der Waals surface area contributed by atoms with Gasteiger partial charge in [0, 0.05) is 31.9 Å². The minimum absolute atomic E-state index is 0.00829. The minimum atomic E-state index is -0.459. The number of amides is 1. The van der Waals surface area contributed by atoms with Crippen LogP contribution in [-0.2, 0) is 11.3 Å². The van der Waals surface area contributed by atoms with Gasteiger partial charge in [0.2, 0.25) is 0 Å². The van der Waals surface area contributed by atoms with E-state index in [0.29, 0.717) is 10.8 Å². The molecule has 0 bridgehead atoms. The second kappa shape index (κ2) is 7.55. The molecule has 2 aromatic rings. The average Bonchev–Trinajstić information content (AvgIpc) is 2.90. The Labute approximate surface area is 162 Å². The molecule has 1 aliphatic heterocycles. The quantitative estimate of drug-likeness (QED) is 0.371. The molecule has 138 valence electrons. The standard InChI is InChI=1S/C19H18N4O3S/c1-21(2)15-7-3-13(4-8-15)11-17-18(24)22(19(27)20-17)12-14-5-9-16(10-6-14)23(25)26/h3-11H,12H2,1-2H3,(H,20,27)/b17-11-. The fourth-order valence-corrected chi connectivity index (χ4v) is 2.91. The molecule has 1 saturated heterocycles. The number of carbonyl (C=O) groups is 1. The number of benzene rings is 2. The number of nitro benzene ring substituents is 1. The van der Waals surface area contributed by atoms with E-state index in [2.05, 4.69) is 5.32 Å². The van der Waals surface area contributed by atoms with E-state index >= 15 is 0 Å². The van der Waals surface area contributed by atoms with E-state index in [1.54, 1.807) is 18.2 Å². The van der Waals surface area contributed by atoms with Crippen molar-refractivity contribution in [2.45, 2.75) is 6.54 Å². The average molecular weight is 382 g/mol. The summed E-state index contributed by atoms with van der Waals surface area (Å²) < 4.78 is 0. The van der Waals surface area contributed by atoms with Gasteiger partial charge in [0.25, 0.3) is 11.6 Å². The number of hydrogen-bond acceptors (Lipinski definition) is 5. The fourth-order valence-electron chi connectivity index (χ4n) is 2.66. The van der Waals surface area contributed by atoms with Crippen molar-refractivity contribution in [1.29, 1.82) is 0 Å². The van der Waals surface area contributed by atoms with Crippen molar-refractivity contribution in [3.63, 3.8) is 0 Å². The largest absolute Gasteiger partial charge is 0.378 e. The molecule has 1 N–H and O–H groups in total. The van der Waals surface area contributed by atoms with Gasteiger partial charge in [-0.2, -0.15) is 0 Å². The maximum atomic E-state index is 12.7. The Balaban J connectivity index is 1.75. The van der Waals surface area contributed by atoms with Gasteiger partial charge >= 0.3 is 0 Å². The van der Waals surface area contributed by atoms with Gasteiger partial charge in [0.05, 0.1) is 11.5 Å². The van der Waals surface area contributed by atoms with Gasteiger partial charge in [0.1, 0.15) is 5.70 Å². The highest BCUT2D eigenvalue weighted by Crippen LogP contribution is 2.20. The summed E-state index contributed by atoms with van der Waals surface area (Å²) in [5.74, 6) is -0.227. The molecule has 1 fully saturated rings. The van der Waals surface area contributed by atoms with Gasteiger partial charge < -0.3 is 10.2 Å². The summed E-state index contributed by atoms with van der Waals surface area (Å²) in [6, 6.07) is 13.9. The highest BCUT2D eigenvalue weighted by atomic mass is 32.1. The lowest BCUT2D eigenvalue weighted by Gasteiger charge is -2.13. The highest BCUT2D eigenvalue weighted by molar-refractivity contribution is 7.80. The lowest BCUT2D eigenvalue weighted by atomic mass is 10.1. The molecule has 0 unspecified atom stereocenters. The monoisotopic (exact) mass is 382 g/mol. The van der Waals surface area contributed by atoms with Gasteiger partial charge in [-0.1, -0.05) is 24.3 Å². The van der Waals surface area contributed by atoms with Crippen molar-refractivity contribution in [2.24, 2.45) is 0 Å². The van der Waals surface area contributed by atoms with Crippen LogP contribution in [0, 0.1) is 10.1 Å². The van der Waals surface area contributed by atoms with Crippen molar-refractivity contribution >= 4 is 40.7 Å². The second-order valence-electron chi connectivity index (χ2n) is 6.29. The molecule has 2 aromatic carbocycles. The van der Waals surface area contributed by atoms with Crippen molar-refractivity contribution in [1.82, 2.24) is 10.2 Å². The predicted octanol–water partition coefficient (Wildman–Crippen LogP) is 2.92. The molecule has 8 heteroatoms. The van der Waals surface area contributed by atoms with Crippen LogP contribution < -0.4 is 10.2 Å². The molecule has 3 rings (SSSR count). The number of nitrogens with zero attached hydrogens (tertiary/aromatic N) is 3. The summed E-state index contributed by atoms with van der Waals surface area (Å²) in [5.41, 5.74) is 3.12. The summed E-state index contributed by atoms with van der Waals surface area (Å²) in [6.07, 6.45) is 1.75. The Hall–Kier alpha value is -3.26. The van der Waals surface area contributed by atoms with Crippen LogP contribution >= 0.6 is 12.2 Å². The van der Waals surface area contributed by atoms with Crippen LogP contribution in [0.15, 0.2) is 54.2 Å². The lowest BCUT2D eigenvalue weighted by Crippen LogP contribution is -2.29. The Kier molecular flexibility index (Phi) is 5.18. The Morgan fingerprint density at radius 3 is 2.33 bits per heavy atom. The highest BCUT2D eigenvalue weighted by Gasteiger charge is 2.30. The first-order valence-corrected chi connectivity index (χ1v) is 8.61. The van der Waals surface area contributed by atoms with Gasteiger partial charge in [0.15, 0.2) is 5.11 Å². The second-order valence-corrected chi connectivity index (χ2v) is 6.68. The number of rotatable bonds is 5. The van der Waals surface area contributed by atoms with Gasteiger partial charge in [-0.05, 0) is 41.6 Å². The third-order valence-corrected chi connectivity index (χ3v) is 4.49. The van der Waals surface area contributed by atoms with E-state index in [0.717, 1.165) is 16.8 Å². The van der Waals surface area contributed by atoms with Crippen molar-refractivity contribution in [3.8, 4) is 0 Å². The van der Waals surface area contributed by atoms with Crippen molar-refractivity contribution in [3.05, 3.63) is 75.5 Å². The van der Waals surface area contributed by atoms with E-state index in [1.165, 1.54) is 17.0 Å². The molecular formula is C19H18N4O3S. The summed E-state index contributed by atoms with van der Waals surface area (Å²) in [4.78, 5) is 26.4. The summed E-state index contributed by atoms with van der Waals surface area (Å²) in [6.45, 7) is 0.250. The van der Waals surface area contributed by atoms with Crippen LogP contribution in [0.3, 0.4) is 0 Å². The van der Waals surface area contributed by atoms with E-state index < -0.39 is 4.92 Å². The van der Waals surface area contributed by atoms with Crippen LogP contribution in [-0.4, -0.2) is 34.9 Å². The molecule has 0 saturated carbocycles. The molecular weight excluding hydrogens is 364 g/mol. The third kappa shape index (κ3) is 4.12. The first-order valence-electron chi connectivity index (χ1n) is 8.20. The van der Waals surface area contributed by atoms with Gasteiger partial charge in [-0.15, -0.1) is 0 Å². The zero-order valence-electron chi connectivity index (χ0n) is 14.9. The fraction of sp³-hybridized carbons (Fsp3) is 0.158. The maximum Gasteiger partial charge on any atom is 0.276 e. The van der Waals surface area contributed by atoms with Gasteiger partial charge in [-0.25, -0.2) is 0 Å². The van der Waals surface area contributed by atoms with Crippen LogP contribution in [0.2, 0.25) is 0 Å². The van der Waals surface area contributed by atoms with E-state index in [9.17, 15) is 14.9 Å². The zero-order valence-corrected chi connectivity index (χ0v) is 15.7. The molecule has 27 heavy (non-hydrogen) atoms. The molecule has 1 aliphatic rings. The van der Waals surface area contributed by atoms with Crippen LogP contribution in [0.1, 0.15) is 11.1 Å². The summed E-state index contributed by atoms with van der Waals surface area (Å²) >= 11 is 5.27. The van der Waals surface area contributed by atoms with Crippen molar-refractivity contribution < 1.29 is 9.72 Å². The molecule has 1 amide bonds. The number of thiocarbonyl (C=S) groups is 1. The molecule has 7 nitrogen and oxygen atoms in total. The molecule has 0 radical (unpaired) electrons. The SMILES string of the molecule is CN(C)c1ccc(/C=C2\NC(=S)N(Cc3ccc([N+](=O)[O-])cc3)C2=O)cc1. The number of carbonyl (C=O) groups excluding carboxylic acids is 1. The Morgan fingerprint density at radius 1 is 1.15 bits per heavy atom. The van der Waals surface area contributed by atoms with Crippen LogP contribution in [0.25, 0.3) is 6.08 Å². The van der Waals surface area contributed by atoms with E-state index in [-0.39, 0.29) is 18.1 Å². The molecule has 0 atom stereocenters. The Bertz CT molecular complexity index is 921. The normalized spacial score (nSPS) is 15.2. The number of nitrogens with one attached hydrogen (secondary N) is 1. The predicted molar refractivity (Wildman–Crippen MR) is 108 cm³/mol. The number of anilines is 1. The van der Waals surface area contributed by atoms with Crippen molar-refractivity contribution in [2.75, 3.05) is 19.0 Å². The first-order chi connectivity index (χ1) is 12.8. The van der Waals surface area contributed by atoms with E-state index in [4.69, 9.17) is 12.2 Å². The van der Waals surface area contributed by atoms with E-state index in [1.807, 2.05) is 43.3 Å². The summed E-state index contributed by atoms with van der Waals surface area (Å²) in [7, 11) is 3.92. The number of nitro groups is 1. The number of hydrogen-bond donors (Lipinski definition) is 1. The lowest BCUT2D eigenvalue weighted by molar-refractivity contribution is -0.384. The smallest absolute Gasteiger partial charge is 0.276 e. The molecule has 1 heterocycles. The van der Waals surface area contributed by atoms with Gasteiger partial charge in [-0.3, -0.25) is 19.8 Å². The third-order valence-electron chi connectivity index (χ3n) is 4.17. The molecule has 0 aliphatic carbocycles. The molecule has 0 spiro atoms. The topological polar surface area (TPSA) is 78.7 Å². The first kappa shape index (κ1) is 18.5. The zero-order chi connectivity index (χ0) is 19.6. The maximum absolute atomic E-state index is 12.7. The molecule has 0 aromatic heterocycles. The number of non-ortho nitro benzene ring substituents is 1. The minimum Gasteiger partial charge on any atom is -0.378 e. The van der Waals surface area contributed by atoms with Crippen LogP contribution in [0.4, 0.5) is 11.4 Å². The summed E-state index contributed by atoms with van der Waals surface area (Å²) in [5, 5.41) is 14.0.